The van der Waals surface area contributed by atoms with E-state index in [4.69, 9.17) is 4.74 Å². The second kappa shape index (κ2) is 9.82. The summed E-state index contributed by atoms with van der Waals surface area (Å²) in [6.07, 6.45) is 4.89. The topological polar surface area (TPSA) is 21.3 Å². The van der Waals surface area contributed by atoms with E-state index in [1.165, 1.54) is 24.8 Å². The number of nitrogens with one attached hydrogen (secondary N) is 1. The van der Waals surface area contributed by atoms with Crippen LogP contribution in [0.5, 0.6) is 5.75 Å². The van der Waals surface area contributed by atoms with Crippen molar-refractivity contribution in [2.75, 3.05) is 13.2 Å². The Bertz CT molecular complexity index is 364. The van der Waals surface area contributed by atoms with E-state index in [0.717, 1.165) is 31.2 Å². The first-order valence-corrected chi connectivity index (χ1v) is 8.17. The number of benzene rings is 1. The zero-order valence-electron chi connectivity index (χ0n) is 13.6. The van der Waals surface area contributed by atoms with Gasteiger partial charge in [0.15, 0.2) is 0 Å². The van der Waals surface area contributed by atoms with Crippen molar-refractivity contribution >= 4 is 0 Å². The normalized spacial score (nSPS) is 14.0. The Labute approximate surface area is 124 Å². The summed E-state index contributed by atoms with van der Waals surface area (Å²) < 4.78 is 5.80. The molecule has 0 amide bonds. The zero-order valence-corrected chi connectivity index (χ0v) is 13.6. The summed E-state index contributed by atoms with van der Waals surface area (Å²) in [5, 5.41) is 3.69. The molecule has 1 N–H and O–H groups in total. The first-order valence-electron chi connectivity index (χ1n) is 8.17. The minimum absolute atomic E-state index is 0.402. The summed E-state index contributed by atoms with van der Waals surface area (Å²) in [5.74, 6) is 1.77. The molecule has 0 aliphatic carbocycles. The van der Waals surface area contributed by atoms with Crippen molar-refractivity contribution in [3.63, 3.8) is 0 Å². The van der Waals surface area contributed by atoms with E-state index in [0.29, 0.717) is 6.04 Å². The van der Waals surface area contributed by atoms with Crippen molar-refractivity contribution < 1.29 is 4.74 Å². The Kier molecular flexibility index (Phi) is 8.36. The van der Waals surface area contributed by atoms with Crippen LogP contribution in [-0.4, -0.2) is 13.2 Å². The van der Waals surface area contributed by atoms with Gasteiger partial charge in [0.05, 0.1) is 6.61 Å². The summed E-state index contributed by atoms with van der Waals surface area (Å²) >= 11 is 0. The molecule has 0 aliphatic rings. The molecular formula is C18H31NO. The van der Waals surface area contributed by atoms with Crippen molar-refractivity contribution in [1.82, 2.24) is 5.32 Å². The van der Waals surface area contributed by atoms with Crippen molar-refractivity contribution in [2.24, 2.45) is 5.92 Å². The Morgan fingerprint density at radius 1 is 1.10 bits per heavy atom. The number of hydrogen-bond acceptors (Lipinski definition) is 2. The van der Waals surface area contributed by atoms with Crippen LogP contribution in [0.15, 0.2) is 24.3 Å². The first-order chi connectivity index (χ1) is 9.72. The third kappa shape index (κ3) is 5.54. The molecule has 1 aromatic rings. The number of ether oxygens (including phenoxy) is 1. The monoisotopic (exact) mass is 277 g/mol. The lowest BCUT2D eigenvalue weighted by Crippen LogP contribution is -2.24. The molecular weight excluding hydrogens is 246 g/mol. The Balaban J connectivity index is 2.85. The standard InChI is InChI=1S/C18H31NO/c1-5-10-15(4)14-17(19-13-6-2)16-11-8-9-12-18(16)20-7-3/h8-9,11-12,15,17,19H,5-7,10,13-14H2,1-4H3. The van der Waals surface area contributed by atoms with Gasteiger partial charge in [-0.1, -0.05) is 51.8 Å². The van der Waals surface area contributed by atoms with Gasteiger partial charge in [0.1, 0.15) is 5.75 Å². The molecule has 2 unspecified atom stereocenters. The van der Waals surface area contributed by atoms with Crippen LogP contribution in [-0.2, 0) is 0 Å². The third-order valence-electron chi connectivity index (χ3n) is 3.65. The second-order valence-corrected chi connectivity index (χ2v) is 5.61. The Morgan fingerprint density at radius 2 is 1.85 bits per heavy atom. The van der Waals surface area contributed by atoms with E-state index in [9.17, 15) is 0 Å². The number of rotatable bonds is 10. The summed E-state index contributed by atoms with van der Waals surface area (Å²) in [7, 11) is 0. The van der Waals surface area contributed by atoms with E-state index in [2.05, 4.69) is 50.4 Å². The molecule has 2 heteroatoms. The van der Waals surface area contributed by atoms with Crippen LogP contribution >= 0.6 is 0 Å². The average Bonchev–Trinajstić information content (AvgIpc) is 2.45. The van der Waals surface area contributed by atoms with Crippen LogP contribution < -0.4 is 10.1 Å². The van der Waals surface area contributed by atoms with Crippen LogP contribution in [0.3, 0.4) is 0 Å². The fourth-order valence-corrected chi connectivity index (χ4v) is 2.71. The van der Waals surface area contributed by atoms with Crippen molar-refractivity contribution in [1.29, 1.82) is 0 Å². The number of para-hydroxylation sites is 1. The molecule has 0 saturated heterocycles. The lowest BCUT2D eigenvalue weighted by Gasteiger charge is -2.24. The van der Waals surface area contributed by atoms with Crippen LogP contribution in [0, 0.1) is 5.92 Å². The van der Waals surface area contributed by atoms with E-state index < -0.39 is 0 Å². The minimum Gasteiger partial charge on any atom is -0.494 e. The van der Waals surface area contributed by atoms with Gasteiger partial charge in [-0.05, 0) is 38.3 Å². The maximum atomic E-state index is 5.80. The molecule has 0 heterocycles. The van der Waals surface area contributed by atoms with Crippen molar-refractivity contribution in [2.45, 2.75) is 59.4 Å². The van der Waals surface area contributed by atoms with Crippen LogP contribution in [0.2, 0.25) is 0 Å². The maximum absolute atomic E-state index is 5.80. The van der Waals surface area contributed by atoms with Gasteiger partial charge in [-0.2, -0.15) is 0 Å². The van der Waals surface area contributed by atoms with Crippen LogP contribution in [0.1, 0.15) is 65.0 Å². The Hall–Kier alpha value is -1.02. The molecule has 2 atom stereocenters. The van der Waals surface area contributed by atoms with E-state index in [1.807, 2.05) is 6.92 Å². The molecule has 1 aromatic carbocycles. The fraction of sp³-hybridized carbons (Fsp3) is 0.667. The highest BCUT2D eigenvalue weighted by atomic mass is 16.5. The maximum Gasteiger partial charge on any atom is 0.124 e. The highest BCUT2D eigenvalue weighted by Gasteiger charge is 2.17. The Morgan fingerprint density at radius 3 is 2.50 bits per heavy atom. The summed E-state index contributed by atoms with van der Waals surface area (Å²) in [6, 6.07) is 8.87. The van der Waals surface area contributed by atoms with Crippen molar-refractivity contribution in [3.05, 3.63) is 29.8 Å². The molecule has 0 radical (unpaired) electrons. The van der Waals surface area contributed by atoms with Gasteiger partial charge in [0.2, 0.25) is 0 Å². The average molecular weight is 277 g/mol. The number of hydrogen-bond donors (Lipinski definition) is 1. The van der Waals surface area contributed by atoms with Gasteiger partial charge in [-0.25, -0.2) is 0 Å². The van der Waals surface area contributed by atoms with E-state index in [-0.39, 0.29) is 0 Å². The highest BCUT2D eigenvalue weighted by Crippen LogP contribution is 2.30. The largest absolute Gasteiger partial charge is 0.494 e. The molecule has 0 aliphatic heterocycles. The van der Waals surface area contributed by atoms with E-state index >= 15 is 0 Å². The van der Waals surface area contributed by atoms with Gasteiger partial charge < -0.3 is 10.1 Å². The second-order valence-electron chi connectivity index (χ2n) is 5.61. The molecule has 0 spiro atoms. The molecule has 2 nitrogen and oxygen atoms in total. The molecule has 0 saturated carbocycles. The lowest BCUT2D eigenvalue weighted by atomic mass is 9.92. The zero-order chi connectivity index (χ0) is 14.8. The summed E-state index contributed by atoms with van der Waals surface area (Å²) in [4.78, 5) is 0. The fourth-order valence-electron chi connectivity index (χ4n) is 2.71. The molecule has 20 heavy (non-hydrogen) atoms. The van der Waals surface area contributed by atoms with E-state index in [1.54, 1.807) is 0 Å². The predicted octanol–water partition coefficient (Wildman–Crippen LogP) is 4.95. The molecule has 0 bridgehead atoms. The van der Waals surface area contributed by atoms with Crippen molar-refractivity contribution in [3.8, 4) is 5.75 Å². The minimum atomic E-state index is 0.402. The van der Waals surface area contributed by atoms with Crippen LogP contribution in [0.25, 0.3) is 0 Å². The van der Waals surface area contributed by atoms with Gasteiger partial charge in [-0.3, -0.25) is 0 Å². The lowest BCUT2D eigenvalue weighted by molar-refractivity contribution is 0.322. The van der Waals surface area contributed by atoms with Gasteiger partial charge >= 0.3 is 0 Å². The van der Waals surface area contributed by atoms with Gasteiger partial charge in [0.25, 0.3) is 0 Å². The molecule has 1 rings (SSSR count). The first kappa shape index (κ1) is 17.0. The smallest absolute Gasteiger partial charge is 0.124 e. The van der Waals surface area contributed by atoms with Gasteiger partial charge in [0, 0.05) is 11.6 Å². The molecule has 114 valence electrons. The highest BCUT2D eigenvalue weighted by molar-refractivity contribution is 5.36. The molecule has 0 aromatic heterocycles. The summed E-state index contributed by atoms with van der Waals surface area (Å²) in [5.41, 5.74) is 1.31. The third-order valence-corrected chi connectivity index (χ3v) is 3.65. The van der Waals surface area contributed by atoms with Crippen LogP contribution in [0.4, 0.5) is 0 Å². The molecule has 0 fully saturated rings. The quantitative estimate of drug-likeness (QED) is 0.653. The predicted molar refractivity (Wildman–Crippen MR) is 87.3 cm³/mol. The SMILES string of the molecule is CCCNC(CC(C)CCC)c1ccccc1OCC. The summed E-state index contributed by atoms with van der Waals surface area (Å²) in [6.45, 7) is 10.7. The van der Waals surface area contributed by atoms with Gasteiger partial charge in [-0.15, -0.1) is 0 Å².